The molecule has 0 unspecified atom stereocenters. The van der Waals surface area contributed by atoms with Crippen LogP contribution in [0.3, 0.4) is 0 Å². The molecule has 15 heavy (non-hydrogen) atoms. The lowest BCUT2D eigenvalue weighted by atomic mass is 10.4. The number of hydrogen-bond donors (Lipinski definition) is 1. The Morgan fingerprint density at radius 3 is 3.07 bits per heavy atom. The highest BCUT2D eigenvalue weighted by Gasteiger charge is 2.30. The van der Waals surface area contributed by atoms with Crippen LogP contribution in [0.5, 0.6) is 0 Å². The van der Waals surface area contributed by atoms with Crippen molar-refractivity contribution >= 4 is 5.91 Å². The molecule has 1 aromatic rings. The molecule has 5 heteroatoms. The van der Waals surface area contributed by atoms with Gasteiger partial charge in [0.25, 0.3) is 5.91 Å². The highest BCUT2D eigenvalue weighted by molar-refractivity contribution is 5.92. The van der Waals surface area contributed by atoms with Gasteiger partial charge in [0.15, 0.2) is 0 Å². The van der Waals surface area contributed by atoms with E-state index < -0.39 is 0 Å². The number of nitrogens with zero attached hydrogens (tertiary/aromatic N) is 3. The minimum Gasteiger partial charge on any atom is -0.337 e. The summed E-state index contributed by atoms with van der Waals surface area (Å²) in [5.74, 6) is 0.00766. The van der Waals surface area contributed by atoms with E-state index in [1.54, 1.807) is 17.4 Å². The Balaban J connectivity index is 2.04. The molecule has 0 aliphatic heterocycles. The number of nitrogens with two attached hydrogens (primary N) is 1. The van der Waals surface area contributed by atoms with Gasteiger partial charge < -0.3 is 15.2 Å². The second-order valence-corrected chi connectivity index (χ2v) is 3.93. The minimum atomic E-state index is 0.00766. The Morgan fingerprint density at radius 1 is 1.73 bits per heavy atom. The fraction of sp³-hybridized carbons (Fsp3) is 0.600. The summed E-state index contributed by atoms with van der Waals surface area (Å²) in [6, 6.07) is 0.428. The maximum absolute atomic E-state index is 11.9. The predicted molar refractivity (Wildman–Crippen MR) is 56.4 cm³/mol. The Bertz CT molecular complexity index is 356. The summed E-state index contributed by atoms with van der Waals surface area (Å²) in [5, 5.41) is 0. The van der Waals surface area contributed by atoms with E-state index in [0.717, 1.165) is 12.8 Å². The zero-order valence-corrected chi connectivity index (χ0v) is 8.89. The molecular weight excluding hydrogens is 192 g/mol. The number of hydrogen-bond acceptors (Lipinski definition) is 3. The number of aromatic nitrogens is 2. The molecule has 1 amide bonds. The molecular formula is C10H16N4O. The Hall–Kier alpha value is -1.36. The molecule has 2 rings (SSSR count). The minimum absolute atomic E-state index is 0.00766. The molecule has 1 aliphatic carbocycles. The molecule has 5 nitrogen and oxygen atoms in total. The topological polar surface area (TPSA) is 64.2 Å². The summed E-state index contributed by atoms with van der Waals surface area (Å²) in [6.07, 6.45) is 5.65. The van der Waals surface area contributed by atoms with Crippen LogP contribution < -0.4 is 5.73 Å². The molecule has 0 aromatic carbocycles. The van der Waals surface area contributed by atoms with Crippen molar-refractivity contribution in [3.05, 3.63) is 18.2 Å². The summed E-state index contributed by atoms with van der Waals surface area (Å²) in [6.45, 7) is 1.26. The molecule has 82 valence electrons. The average Bonchev–Trinajstić information content (AvgIpc) is 2.98. The first kappa shape index (κ1) is 10.2. The largest absolute Gasteiger partial charge is 0.337 e. The van der Waals surface area contributed by atoms with Gasteiger partial charge >= 0.3 is 0 Å². The van der Waals surface area contributed by atoms with Gasteiger partial charge in [-0.05, 0) is 12.8 Å². The number of imidazole rings is 1. The lowest BCUT2D eigenvalue weighted by molar-refractivity contribution is 0.0779. The third-order valence-electron chi connectivity index (χ3n) is 2.65. The Kier molecular flexibility index (Phi) is 2.73. The highest BCUT2D eigenvalue weighted by atomic mass is 16.2. The van der Waals surface area contributed by atoms with Crippen molar-refractivity contribution in [3.63, 3.8) is 0 Å². The van der Waals surface area contributed by atoms with Crippen molar-refractivity contribution in [3.8, 4) is 0 Å². The van der Waals surface area contributed by atoms with Gasteiger partial charge in [0.1, 0.15) is 5.69 Å². The van der Waals surface area contributed by atoms with Crippen LogP contribution in [0, 0.1) is 0 Å². The standard InChI is InChI=1S/C10H16N4O/c1-13(8-2-3-8)10(15)9-6-14(5-4-11)7-12-9/h6-8H,2-5,11H2,1H3. The molecule has 0 saturated heterocycles. The average molecular weight is 208 g/mol. The lowest BCUT2D eigenvalue weighted by Crippen LogP contribution is -2.28. The molecule has 0 spiro atoms. The first-order valence-electron chi connectivity index (χ1n) is 5.21. The van der Waals surface area contributed by atoms with E-state index in [2.05, 4.69) is 4.98 Å². The van der Waals surface area contributed by atoms with Crippen LogP contribution in [0.1, 0.15) is 23.3 Å². The fourth-order valence-electron chi connectivity index (χ4n) is 1.55. The van der Waals surface area contributed by atoms with E-state index in [0.29, 0.717) is 24.8 Å². The SMILES string of the molecule is CN(C(=O)c1cn(CCN)cn1)C1CC1. The van der Waals surface area contributed by atoms with Gasteiger partial charge in [-0.1, -0.05) is 0 Å². The summed E-state index contributed by atoms with van der Waals surface area (Å²) < 4.78 is 1.84. The Morgan fingerprint density at radius 2 is 2.47 bits per heavy atom. The normalized spacial score (nSPS) is 15.3. The van der Waals surface area contributed by atoms with Crippen LogP contribution in [0.2, 0.25) is 0 Å². The first-order valence-corrected chi connectivity index (χ1v) is 5.21. The van der Waals surface area contributed by atoms with Crippen LogP contribution in [-0.4, -0.2) is 40.0 Å². The predicted octanol–water partition coefficient (Wildman–Crippen LogP) is 0.0762. The molecule has 1 aromatic heterocycles. The van der Waals surface area contributed by atoms with E-state index in [1.807, 2.05) is 11.6 Å². The molecule has 0 bridgehead atoms. The van der Waals surface area contributed by atoms with Gasteiger partial charge in [-0.15, -0.1) is 0 Å². The number of carbonyl (C=O) groups excluding carboxylic acids is 1. The van der Waals surface area contributed by atoms with Gasteiger partial charge in [0.05, 0.1) is 6.33 Å². The maximum Gasteiger partial charge on any atom is 0.274 e. The van der Waals surface area contributed by atoms with Crippen LogP contribution in [0.25, 0.3) is 0 Å². The maximum atomic E-state index is 11.9. The molecule has 1 aliphatic rings. The van der Waals surface area contributed by atoms with Crippen molar-refractivity contribution in [2.75, 3.05) is 13.6 Å². The molecule has 1 saturated carbocycles. The van der Waals surface area contributed by atoms with Crippen molar-refractivity contribution in [1.29, 1.82) is 0 Å². The quantitative estimate of drug-likeness (QED) is 0.762. The van der Waals surface area contributed by atoms with Crippen LogP contribution in [-0.2, 0) is 6.54 Å². The lowest BCUT2D eigenvalue weighted by Gasteiger charge is -2.13. The van der Waals surface area contributed by atoms with Gasteiger partial charge in [-0.2, -0.15) is 0 Å². The van der Waals surface area contributed by atoms with Crippen molar-refractivity contribution < 1.29 is 4.79 Å². The summed E-state index contributed by atoms with van der Waals surface area (Å²) in [7, 11) is 1.84. The van der Waals surface area contributed by atoms with Gasteiger partial charge in [0.2, 0.25) is 0 Å². The summed E-state index contributed by atoms with van der Waals surface area (Å²) in [5.41, 5.74) is 5.93. The second kappa shape index (κ2) is 4.02. The van der Waals surface area contributed by atoms with E-state index in [1.165, 1.54) is 0 Å². The highest BCUT2D eigenvalue weighted by Crippen LogP contribution is 2.26. The Labute approximate surface area is 88.9 Å². The molecule has 1 heterocycles. The number of carbonyl (C=O) groups is 1. The number of amides is 1. The van der Waals surface area contributed by atoms with Crippen LogP contribution in [0.4, 0.5) is 0 Å². The van der Waals surface area contributed by atoms with E-state index in [9.17, 15) is 4.79 Å². The van der Waals surface area contributed by atoms with E-state index in [-0.39, 0.29) is 5.91 Å². The van der Waals surface area contributed by atoms with Gasteiger partial charge in [-0.25, -0.2) is 4.98 Å². The van der Waals surface area contributed by atoms with Crippen molar-refractivity contribution in [2.45, 2.75) is 25.4 Å². The second-order valence-electron chi connectivity index (χ2n) is 3.93. The van der Waals surface area contributed by atoms with Crippen molar-refractivity contribution in [1.82, 2.24) is 14.5 Å². The first-order chi connectivity index (χ1) is 7.22. The third kappa shape index (κ3) is 2.18. The smallest absolute Gasteiger partial charge is 0.274 e. The molecule has 1 fully saturated rings. The summed E-state index contributed by atoms with van der Waals surface area (Å²) >= 11 is 0. The number of rotatable bonds is 4. The van der Waals surface area contributed by atoms with Gasteiger partial charge in [0, 0.05) is 32.4 Å². The van der Waals surface area contributed by atoms with Gasteiger partial charge in [-0.3, -0.25) is 4.79 Å². The zero-order valence-electron chi connectivity index (χ0n) is 8.89. The fourth-order valence-corrected chi connectivity index (χ4v) is 1.55. The molecule has 0 radical (unpaired) electrons. The zero-order chi connectivity index (χ0) is 10.8. The third-order valence-corrected chi connectivity index (χ3v) is 2.65. The molecule has 0 atom stereocenters. The monoisotopic (exact) mass is 208 g/mol. The van der Waals surface area contributed by atoms with E-state index >= 15 is 0 Å². The molecule has 2 N–H and O–H groups in total. The summed E-state index contributed by atoms with van der Waals surface area (Å²) in [4.78, 5) is 17.7. The van der Waals surface area contributed by atoms with Crippen LogP contribution >= 0.6 is 0 Å². The van der Waals surface area contributed by atoms with E-state index in [4.69, 9.17) is 5.73 Å². The van der Waals surface area contributed by atoms with Crippen LogP contribution in [0.15, 0.2) is 12.5 Å². The van der Waals surface area contributed by atoms with Crippen molar-refractivity contribution in [2.24, 2.45) is 5.73 Å².